The number of phenolic OH excluding ortho intramolecular Hbond substituents is 1. The largest absolute Gasteiger partial charge is 0.504 e. The van der Waals surface area contributed by atoms with Crippen LogP contribution in [0.2, 0.25) is 0 Å². The number of hydrogen-bond donors (Lipinski definition) is 1. The Labute approximate surface area is 161 Å². The molecule has 0 saturated carbocycles. The van der Waals surface area contributed by atoms with E-state index in [1.807, 2.05) is 9.80 Å². The molecule has 0 bridgehead atoms. The van der Waals surface area contributed by atoms with Gasteiger partial charge in [-0.1, -0.05) is 19.4 Å². The first-order chi connectivity index (χ1) is 13.0. The van der Waals surface area contributed by atoms with E-state index in [1.165, 1.54) is 7.11 Å². The number of likely N-dealkylation sites (tertiary alicyclic amines) is 2. The lowest BCUT2D eigenvalue weighted by atomic mass is 9.73. The Morgan fingerprint density at radius 1 is 1.30 bits per heavy atom. The van der Waals surface area contributed by atoms with E-state index in [9.17, 15) is 14.7 Å². The average Bonchev–Trinajstić information content (AvgIpc) is 2.69. The zero-order valence-electron chi connectivity index (χ0n) is 16.4. The van der Waals surface area contributed by atoms with Gasteiger partial charge in [-0.2, -0.15) is 0 Å². The molecule has 0 radical (unpaired) electrons. The summed E-state index contributed by atoms with van der Waals surface area (Å²) in [6.45, 7) is 4.99. The lowest BCUT2D eigenvalue weighted by Gasteiger charge is -2.48. The molecule has 0 aliphatic carbocycles. The third-order valence-electron chi connectivity index (χ3n) is 5.93. The van der Waals surface area contributed by atoms with Crippen molar-refractivity contribution in [3.63, 3.8) is 0 Å². The second-order valence-corrected chi connectivity index (χ2v) is 7.86. The first-order valence-corrected chi connectivity index (χ1v) is 9.93. The van der Waals surface area contributed by atoms with Crippen molar-refractivity contribution in [2.24, 2.45) is 5.41 Å². The summed E-state index contributed by atoms with van der Waals surface area (Å²) in [6, 6.07) is 5.00. The zero-order valence-corrected chi connectivity index (χ0v) is 16.4. The fraction of sp³-hybridized carbons (Fsp3) is 0.619. The summed E-state index contributed by atoms with van der Waals surface area (Å²) in [7, 11) is 1.48. The van der Waals surface area contributed by atoms with Crippen LogP contribution in [-0.4, -0.2) is 60.0 Å². The van der Waals surface area contributed by atoms with E-state index >= 15 is 0 Å². The molecule has 2 aliphatic rings. The highest BCUT2D eigenvalue weighted by Gasteiger charge is 2.42. The molecular weight excluding hydrogens is 344 g/mol. The Balaban J connectivity index is 1.76. The molecule has 3 rings (SSSR count). The molecule has 1 spiro atoms. The molecule has 2 amide bonds. The molecule has 148 valence electrons. The van der Waals surface area contributed by atoms with E-state index < -0.39 is 0 Å². The molecule has 2 aliphatic heterocycles. The monoisotopic (exact) mass is 374 g/mol. The molecule has 2 saturated heterocycles. The van der Waals surface area contributed by atoms with Crippen molar-refractivity contribution in [1.82, 2.24) is 9.80 Å². The molecule has 1 aromatic rings. The highest BCUT2D eigenvalue weighted by atomic mass is 16.5. The highest BCUT2D eigenvalue weighted by Crippen LogP contribution is 2.40. The molecular formula is C21H30N2O4. The number of carbonyl (C=O) groups is 2. The van der Waals surface area contributed by atoms with E-state index in [0.717, 1.165) is 45.2 Å². The molecule has 6 nitrogen and oxygen atoms in total. The van der Waals surface area contributed by atoms with Gasteiger partial charge in [0.25, 0.3) is 5.91 Å². The standard InChI is InChI=1S/C21H30N2O4/c1-3-4-12-22-14-21(11-9-18(22)24)10-6-13-23(15-21)20(26)16-7-5-8-17(27-2)19(16)25/h5,7-8,25H,3-4,6,9-15H2,1-2H3/t21-/m1/s1. The van der Waals surface area contributed by atoms with E-state index in [4.69, 9.17) is 4.74 Å². The van der Waals surface area contributed by atoms with Gasteiger partial charge in [-0.25, -0.2) is 0 Å². The van der Waals surface area contributed by atoms with Gasteiger partial charge in [-0.15, -0.1) is 0 Å². The summed E-state index contributed by atoms with van der Waals surface area (Å²) in [6.07, 6.45) is 5.44. The predicted molar refractivity (Wildman–Crippen MR) is 103 cm³/mol. The minimum atomic E-state index is -0.164. The normalized spacial score (nSPS) is 23.0. The number of unbranched alkanes of at least 4 members (excludes halogenated alkanes) is 1. The van der Waals surface area contributed by atoms with Crippen LogP contribution in [0.1, 0.15) is 55.8 Å². The first-order valence-electron chi connectivity index (χ1n) is 9.93. The van der Waals surface area contributed by atoms with Gasteiger partial charge in [0.05, 0.1) is 12.7 Å². The van der Waals surface area contributed by atoms with Gasteiger partial charge in [0.15, 0.2) is 11.5 Å². The van der Waals surface area contributed by atoms with Crippen LogP contribution in [0, 0.1) is 5.41 Å². The molecule has 6 heteroatoms. The molecule has 2 heterocycles. The van der Waals surface area contributed by atoms with E-state index in [1.54, 1.807) is 18.2 Å². The topological polar surface area (TPSA) is 70.1 Å². The highest BCUT2D eigenvalue weighted by molar-refractivity contribution is 5.97. The Hall–Kier alpha value is -2.24. The lowest BCUT2D eigenvalue weighted by molar-refractivity contribution is -0.139. The van der Waals surface area contributed by atoms with E-state index in [0.29, 0.717) is 25.3 Å². The molecule has 1 atom stereocenters. The van der Waals surface area contributed by atoms with E-state index in [-0.39, 0.29) is 28.5 Å². The van der Waals surface area contributed by atoms with Crippen LogP contribution in [0.25, 0.3) is 0 Å². The molecule has 27 heavy (non-hydrogen) atoms. The number of para-hydroxylation sites is 1. The van der Waals surface area contributed by atoms with Crippen molar-refractivity contribution in [3.8, 4) is 11.5 Å². The van der Waals surface area contributed by atoms with Crippen LogP contribution in [0.15, 0.2) is 18.2 Å². The summed E-state index contributed by atoms with van der Waals surface area (Å²) in [5.41, 5.74) is 0.255. The molecule has 1 aromatic carbocycles. The first kappa shape index (κ1) is 19.5. The van der Waals surface area contributed by atoms with Crippen LogP contribution in [0.5, 0.6) is 11.5 Å². The van der Waals surface area contributed by atoms with Crippen LogP contribution < -0.4 is 4.74 Å². The minimum absolute atomic E-state index is 0.0238. The lowest BCUT2D eigenvalue weighted by Crippen LogP contribution is -2.55. The summed E-state index contributed by atoms with van der Waals surface area (Å²) in [5, 5.41) is 10.3. The maximum absolute atomic E-state index is 13.1. The van der Waals surface area contributed by atoms with Crippen LogP contribution in [0.4, 0.5) is 0 Å². The number of amides is 2. The van der Waals surface area contributed by atoms with Gasteiger partial charge in [0.2, 0.25) is 5.91 Å². The fourth-order valence-electron chi connectivity index (χ4n) is 4.40. The van der Waals surface area contributed by atoms with Gasteiger partial charge in [-0.3, -0.25) is 9.59 Å². The number of rotatable bonds is 5. The summed E-state index contributed by atoms with van der Waals surface area (Å²) in [4.78, 5) is 29.2. The van der Waals surface area contributed by atoms with Gasteiger partial charge in [-0.05, 0) is 37.8 Å². The number of piperidine rings is 2. The Morgan fingerprint density at radius 2 is 2.11 bits per heavy atom. The SMILES string of the molecule is CCCCN1C[C@@]2(CCCN(C(=O)c3cccc(OC)c3O)C2)CCC1=O. The van der Waals surface area contributed by atoms with Crippen molar-refractivity contribution in [2.45, 2.75) is 45.4 Å². The second-order valence-electron chi connectivity index (χ2n) is 7.86. The van der Waals surface area contributed by atoms with E-state index in [2.05, 4.69) is 6.92 Å². The number of methoxy groups -OCH3 is 1. The Bertz CT molecular complexity index is 705. The summed E-state index contributed by atoms with van der Waals surface area (Å²) < 4.78 is 5.13. The maximum Gasteiger partial charge on any atom is 0.257 e. The fourth-order valence-corrected chi connectivity index (χ4v) is 4.40. The van der Waals surface area contributed by atoms with Gasteiger partial charge in [0.1, 0.15) is 0 Å². The summed E-state index contributed by atoms with van der Waals surface area (Å²) in [5.74, 6) is 0.278. The second kappa shape index (κ2) is 8.19. The third kappa shape index (κ3) is 4.04. The number of benzene rings is 1. The zero-order chi connectivity index (χ0) is 19.4. The van der Waals surface area contributed by atoms with Crippen molar-refractivity contribution in [1.29, 1.82) is 0 Å². The molecule has 1 N–H and O–H groups in total. The smallest absolute Gasteiger partial charge is 0.257 e. The maximum atomic E-state index is 13.1. The number of hydrogen-bond acceptors (Lipinski definition) is 4. The predicted octanol–water partition coefficient (Wildman–Crippen LogP) is 3.05. The van der Waals surface area contributed by atoms with Crippen LogP contribution in [-0.2, 0) is 4.79 Å². The van der Waals surface area contributed by atoms with Gasteiger partial charge in [0, 0.05) is 38.0 Å². The number of nitrogens with zero attached hydrogens (tertiary/aromatic N) is 2. The van der Waals surface area contributed by atoms with Gasteiger partial charge < -0.3 is 19.6 Å². The van der Waals surface area contributed by atoms with Crippen molar-refractivity contribution in [3.05, 3.63) is 23.8 Å². The van der Waals surface area contributed by atoms with Crippen molar-refractivity contribution >= 4 is 11.8 Å². The summed E-state index contributed by atoms with van der Waals surface area (Å²) >= 11 is 0. The Kier molecular flexibility index (Phi) is 5.92. The molecule has 0 unspecified atom stereocenters. The minimum Gasteiger partial charge on any atom is -0.504 e. The molecule has 2 fully saturated rings. The number of carbonyl (C=O) groups excluding carboxylic acids is 2. The van der Waals surface area contributed by atoms with Crippen molar-refractivity contribution < 1.29 is 19.4 Å². The van der Waals surface area contributed by atoms with Gasteiger partial charge >= 0.3 is 0 Å². The van der Waals surface area contributed by atoms with Crippen LogP contribution in [0.3, 0.4) is 0 Å². The Morgan fingerprint density at radius 3 is 2.85 bits per heavy atom. The van der Waals surface area contributed by atoms with Crippen molar-refractivity contribution in [2.75, 3.05) is 33.3 Å². The quantitative estimate of drug-likeness (QED) is 0.860. The number of phenols is 1. The molecule has 0 aromatic heterocycles. The average molecular weight is 374 g/mol. The van der Waals surface area contributed by atoms with Crippen LogP contribution >= 0.6 is 0 Å². The third-order valence-corrected chi connectivity index (χ3v) is 5.93. The number of ether oxygens (including phenoxy) is 1. The number of aromatic hydroxyl groups is 1.